The highest BCUT2D eigenvalue weighted by molar-refractivity contribution is 6.30. The summed E-state index contributed by atoms with van der Waals surface area (Å²) in [5.41, 5.74) is -1.13. The van der Waals surface area contributed by atoms with Crippen LogP contribution in [0.2, 0.25) is 5.02 Å². The van der Waals surface area contributed by atoms with Gasteiger partial charge in [0.25, 0.3) is 0 Å². The first kappa shape index (κ1) is 22.3. The van der Waals surface area contributed by atoms with E-state index in [2.05, 4.69) is 20.5 Å². The normalized spacial score (nSPS) is 11.3. The predicted octanol–water partition coefficient (Wildman–Crippen LogP) is 5.15. The van der Waals surface area contributed by atoms with Crippen LogP contribution >= 0.6 is 11.6 Å². The van der Waals surface area contributed by atoms with Gasteiger partial charge in [0, 0.05) is 22.8 Å². The van der Waals surface area contributed by atoms with Gasteiger partial charge in [0.2, 0.25) is 0 Å². The van der Waals surface area contributed by atoms with Gasteiger partial charge < -0.3 is 15.4 Å². The fourth-order valence-electron chi connectivity index (χ4n) is 2.69. The van der Waals surface area contributed by atoms with Gasteiger partial charge in [-0.1, -0.05) is 17.7 Å². The van der Waals surface area contributed by atoms with Gasteiger partial charge in [-0.25, -0.2) is 18.3 Å². The van der Waals surface area contributed by atoms with Crippen molar-refractivity contribution in [2.24, 2.45) is 0 Å². The quantitative estimate of drug-likeness (QED) is 0.517. The summed E-state index contributed by atoms with van der Waals surface area (Å²) in [6.07, 6.45) is -4.71. The topological polar surface area (TPSA) is 68.2 Å². The van der Waals surface area contributed by atoms with Crippen LogP contribution < -0.4 is 15.4 Å². The number of anilines is 1. The van der Waals surface area contributed by atoms with Crippen molar-refractivity contribution in [3.05, 3.63) is 70.5 Å². The lowest BCUT2D eigenvalue weighted by Crippen LogP contribution is -2.29. The Labute approximate surface area is 177 Å². The largest absolute Gasteiger partial charge is 0.491 e. The van der Waals surface area contributed by atoms with Crippen LogP contribution in [0.5, 0.6) is 5.75 Å². The Kier molecular flexibility index (Phi) is 6.34. The van der Waals surface area contributed by atoms with Crippen LogP contribution in [0.3, 0.4) is 0 Å². The van der Waals surface area contributed by atoms with Crippen molar-refractivity contribution in [1.82, 2.24) is 15.1 Å². The highest BCUT2D eigenvalue weighted by atomic mass is 35.5. The molecule has 164 valence electrons. The molecule has 2 aromatic carbocycles. The molecule has 0 aliphatic carbocycles. The van der Waals surface area contributed by atoms with E-state index < -0.39 is 35.3 Å². The highest BCUT2D eigenvalue weighted by Crippen LogP contribution is 2.30. The zero-order valence-electron chi connectivity index (χ0n) is 15.7. The van der Waals surface area contributed by atoms with E-state index in [1.165, 1.54) is 24.3 Å². The van der Waals surface area contributed by atoms with Gasteiger partial charge in [0.1, 0.15) is 0 Å². The third kappa shape index (κ3) is 5.23. The first-order valence-electron chi connectivity index (χ1n) is 8.58. The molecule has 2 amide bonds. The maximum Gasteiger partial charge on any atom is 0.435 e. The Morgan fingerprint density at radius 3 is 2.42 bits per heavy atom. The molecule has 0 bridgehead atoms. The molecule has 12 heteroatoms. The molecule has 6 nitrogen and oxygen atoms in total. The van der Waals surface area contributed by atoms with Crippen LogP contribution in [0.4, 0.5) is 32.4 Å². The minimum Gasteiger partial charge on any atom is -0.491 e. The van der Waals surface area contributed by atoms with E-state index in [0.717, 1.165) is 30.0 Å². The lowest BCUT2D eigenvalue weighted by molar-refractivity contribution is -0.141. The molecule has 0 unspecified atom stereocenters. The van der Waals surface area contributed by atoms with Gasteiger partial charge in [0.05, 0.1) is 25.0 Å². The van der Waals surface area contributed by atoms with Crippen molar-refractivity contribution >= 4 is 23.3 Å². The molecule has 0 fully saturated rings. The second-order valence-corrected chi connectivity index (χ2v) is 6.63. The molecular formula is C19H14ClF5N4O2. The summed E-state index contributed by atoms with van der Waals surface area (Å²) in [5.74, 6) is -2.69. The number of nitrogens with zero attached hydrogens (tertiary/aromatic N) is 2. The number of hydrogen-bond donors (Lipinski definition) is 2. The lowest BCUT2D eigenvalue weighted by atomic mass is 10.2. The first-order chi connectivity index (χ1) is 14.6. The van der Waals surface area contributed by atoms with E-state index in [9.17, 15) is 26.7 Å². The summed E-state index contributed by atoms with van der Waals surface area (Å²) in [5, 5.41) is 8.33. The Bertz CT molecular complexity index is 1090. The molecule has 1 aromatic heterocycles. The number of rotatable bonds is 5. The minimum atomic E-state index is -4.71. The molecule has 31 heavy (non-hydrogen) atoms. The average Bonchev–Trinajstić information content (AvgIpc) is 3.11. The number of alkyl halides is 3. The summed E-state index contributed by atoms with van der Waals surface area (Å²) in [6.45, 7) is -0.372. The Morgan fingerprint density at radius 1 is 1.16 bits per heavy atom. The van der Waals surface area contributed by atoms with E-state index in [1.54, 1.807) is 0 Å². The molecular weight excluding hydrogens is 447 g/mol. The van der Waals surface area contributed by atoms with Crippen LogP contribution in [-0.4, -0.2) is 22.9 Å². The maximum absolute atomic E-state index is 13.7. The zero-order valence-corrected chi connectivity index (χ0v) is 16.5. The standard InChI is InChI=1S/C19H14ClF5N4O2/c1-31-17-14(21)6-11(7-15(17)22)27-18(30)26-9-13-8-16(19(23,24)25)28-29(13)12-4-2-3-10(20)5-12/h2-8H,9H2,1H3,(H2,26,27,30). The number of carbonyl (C=O) groups is 1. The number of methoxy groups -OCH3 is 1. The van der Waals surface area contributed by atoms with Crippen molar-refractivity contribution in [3.8, 4) is 11.4 Å². The Hall–Kier alpha value is -3.34. The van der Waals surface area contributed by atoms with E-state index >= 15 is 0 Å². The number of amides is 2. The predicted molar refractivity (Wildman–Crippen MR) is 102 cm³/mol. The molecule has 0 radical (unpaired) electrons. The Balaban J connectivity index is 1.79. The Morgan fingerprint density at radius 2 is 1.84 bits per heavy atom. The number of aromatic nitrogens is 2. The molecule has 0 saturated carbocycles. The number of halogens is 6. The molecule has 0 spiro atoms. The first-order valence-corrected chi connectivity index (χ1v) is 8.96. The van der Waals surface area contributed by atoms with Crippen LogP contribution in [0, 0.1) is 11.6 Å². The molecule has 3 aromatic rings. The summed E-state index contributed by atoms with van der Waals surface area (Å²) in [4.78, 5) is 12.1. The van der Waals surface area contributed by atoms with Crippen LogP contribution in [0.1, 0.15) is 11.4 Å². The van der Waals surface area contributed by atoms with Crippen molar-refractivity contribution in [2.75, 3.05) is 12.4 Å². The van der Waals surface area contributed by atoms with Gasteiger partial charge in [-0.3, -0.25) is 0 Å². The number of benzene rings is 2. The van der Waals surface area contributed by atoms with Crippen molar-refractivity contribution in [2.45, 2.75) is 12.7 Å². The third-order valence-electron chi connectivity index (χ3n) is 4.02. The molecule has 2 N–H and O–H groups in total. The zero-order chi connectivity index (χ0) is 22.8. The van der Waals surface area contributed by atoms with Gasteiger partial charge in [-0.05, 0) is 24.3 Å². The van der Waals surface area contributed by atoms with Crippen LogP contribution in [0.25, 0.3) is 5.69 Å². The number of hydrogen-bond acceptors (Lipinski definition) is 3. The number of urea groups is 1. The third-order valence-corrected chi connectivity index (χ3v) is 4.25. The molecule has 0 aliphatic heterocycles. The van der Waals surface area contributed by atoms with Crippen LogP contribution in [0.15, 0.2) is 42.5 Å². The second kappa shape index (κ2) is 8.80. The van der Waals surface area contributed by atoms with Crippen molar-refractivity contribution < 1.29 is 31.5 Å². The lowest BCUT2D eigenvalue weighted by Gasteiger charge is -2.11. The SMILES string of the molecule is COc1c(F)cc(NC(=O)NCc2cc(C(F)(F)F)nn2-c2cccc(Cl)c2)cc1F. The smallest absolute Gasteiger partial charge is 0.435 e. The number of ether oxygens (including phenoxy) is 1. The van der Waals surface area contributed by atoms with E-state index in [-0.39, 0.29) is 28.6 Å². The summed E-state index contributed by atoms with van der Waals surface area (Å²) >= 11 is 5.90. The summed E-state index contributed by atoms with van der Waals surface area (Å²) < 4.78 is 72.4. The molecule has 0 atom stereocenters. The second-order valence-electron chi connectivity index (χ2n) is 6.19. The van der Waals surface area contributed by atoms with Gasteiger partial charge in [-0.15, -0.1) is 0 Å². The van der Waals surface area contributed by atoms with Gasteiger partial charge in [0.15, 0.2) is 23.1 Å². The molecule has 0 saturated heterocycles. The molecule has 3 rings (SSSR count). The molecule has 0 aliphatic rings. The average molecular weight is 461 g/mol. The maximum atomic E-state index is 13.7. The molecule has 1 heterocycles. The van der Waals surface area contributed by atoms with Crippen molar-refractivity contribution in [1.29, 1.82) is 0 Å². The fraction of sp³-hybridized carbons (Fsp3) is 0.158. The van der Waals surface area contributed by atoms with E-state index in [0.29, 0.717) is 0 Å². The monoisotopic (exact) mass is 460 g/mol. The fourth-order valence-corrected chi connectivity index (χ4v) is 2.87. The minimum absolute atomic E-state index is 0.00293. The number of carbonyl (C=O) groups excluding carboxylic acids is 1. The highest BCUT2D eigenvalue weighted by Gasteiger charge is 2.35. The van der Waals surface area contributed by atoms with Gasteiger partial charge in [-0.2, -0.15) is 18.3 Å². The van der Waals surface area contributed by atoms with Crippen LogP contribution in [-0.2, 0) is 12.7 Å². The summed E-state index contributed by atoms with van der Waals surface area (Å²) in [6, 6.07) is 7.50. The van der Waals surface area contributed by atoms with Gasteiger partial charge >= 0.3 is 12.2 Å². The summed E-state index contributed by atoms with van der Waals surface area (Å²) in [7, 11) is 1.08. The number of nitrogens with one attached hydrogen (secondary N) is 2. The van der Waals surface area contributed by atoms with E-state index in [4.69, 9.17) is 11.6 Å². The van der Waals surface area contributed by atoms with Crippen molar-refractivity contribution in [3.63, 3.8) is 0 Å². The van der Waals surface area contributed by atoms with E-state index in [1.807, 2.05) is 0 Å².